The summed E-state index contributed by atoms with van der Waals surface area (Å²) in [5.41, 5.74) is 0. The average molecular weight is 292 g/mol. The summed E-state index contributed by atoms with van der Waals surface area (Å²) in [5, 5.41) is 7.00. The molecule has 0 heterocycles. The highest BCUT2D eigenvalue weighted by molar-refractivity contribution is 5.69. The number of aliphatic hydroxyl groups excluding tert-OH is 1. The summed E-state index contributed by atoms with van der Waals surface area (Å²) in [5.74, 6) is -0.258. The van der Waals surface area contributed by atoms with E-state index in [0.29, 0.717) is 19.6 Å². The molecule has 0 radical (unpaired) electrons. The van der Waals surface area contributed by atoms with Gasteiger partial charge in [-0.2, -0.15) is 0 Å². The lowest BCUT2D eigenvalue weighted by molar-refractivity contribution is -0.143. The van der Waals surface area contributed by atoms with Crippen molar-refractivity contribution in [3.05, 3.63) is 0 Å². The summed E-state index contributed by atoms with van der Waals surface area (Å²) < 4.78 is 9.21. The van der Waals surface area contributed by atoms with Gasteiger partial charge in [-0.1, -0.05) is 32.6 Å². The van der Waals surface area contributed by atoms with Crippen molar-refractivity contribution in [2.75, 3.05) is 20.3 Å². The van der Waals surface area contributed by atoms with Crippen LogP contribution >= 0.6 is 0 Å². The first-order valence-corrected chi connectivity index (χ1v) is 7.32. The van der Waals surface area contributed by atoms with Crippen molar-refractivity contribution in [1.29, 1.82) is 0 Å². The summed E-state index contributed by atoms with van der Waals surface area (Å²) in [4.78, 5) is 20.7. The molecular weight excluding hydrogens is 260 g/mol. The van der Waals surface area contributed by atoms with E-state index in [-0.39, 0.29) is 11.9 Å². The maximum Gasteiger partial charge on any atom is 0.305 e. The standard InChI is InChI=1S/C10H20O2.C4H8O2.CH4O/c1-3-5-6-7-8-9-10(11)12-4-2;1-3-6-4(2)5;1-2/h3-9H2,1-2H3;3H2,1-2H3;2H,1H3. The second kappa shape index (κ2) is 23.0. The fraction of sp³-hybridized carbons (Fsp3) is 0.867. The van der Waals surface area contributed by atoms with Crippen LogP contribution < -0.4 is 0 Å². The Morgan fingerprint density at radius 2 is 1.35 bits per heavy atom. The molecule has 5 heteroatoms. The van der Waals surface area contributed by atoms with Crippen molar-refractivity contribution >= 4 is 11.9 Å². The molecule has 0 spiro atoms. The van der Waals surface area contributed by atoms with E-state index in [1.807, 2.05) is 6.92 Å². The normalized spacial score (nSPS) is 8.50. The van der Waals surface area contributed by atoms with E-state index in [4.69, 9.17) is 9.84 Å². The SMILES string of the molecule is CCCCCCCC(=O)OCC.CCOC(C)=O.CO. The lowest BCUT2D eigenvalue weighted by Crippen LogP contribution is -2.02. The van der Waals surface area contributed by atoms with Gasteiger partial charge in [-0.15, -0.1) is 0 Å². The third-order valence-electron chi connectivity index (χ3n) is 2.14. The van der Waals surface area contributed by atoms with Gasteiger partial charge in [-0.25, -0.2) is 0 Å². The first-order chi connectivity index (χ1) is 9.58. The summed E-state index contributed by atoms with van der Waals surface area (Å²) in [7, 11) is 1.00. The van der Waals surface area contributed by atoms with Crippen LogP contribution in [0.4, 0.5) is 0 Å². The molecule has 0 fully saturated rings. The molecule has 0 saturated carbocycles. The number of carbonyl (C=O) groups excluding carboxylic acids is 2. The van der Waals surface area contributed by atoms with Crippen LogP contribution in [0, 0.1) is 0 Å². The number of esters is 2. The molecule has 0 unspecified atom stereocenters. The molecule has 0 bridgehead atoms. The molecule has 0 aliphatic rings. The van der Waals surface area contributed by atoms with E-state index in [9.17, 15) is 9.59 Å². The van der Waals surface area contributed by atoms with Crippen LogP contribution in [0.2, 0.25) is 0 Å². The van der Waals surface area contributed by atoms with Gasteiger partial charge in [0.1, 0.15) is 0 Å². The van der Waals surface area contributed by atoms with Gasteiger partial charge >= 0.3 is 11.9 Å². The third-order valence-corrected chi connectivity index (χ3v) is 2.14. The largest absolute Gasteiger partial charge is 0.466 e. The molecule has 122 valence electrons. The maximum atomic E-state index is 10.9. The molecule has 0 aliphatic heterocycles. The summed E-state index contributed by atoms with van der Waals surface area (Å²) in [6, 6.07) is 0. The fourth-order valence-corrected chi connectivity index (χ4v) is 1.31. The first kappa shape index (κ1) is 24.0. The Hall–Kier alpha value is -1.10. The molecule has 0 atom stereocenters. The highest BCUT2D eigenvalue weighted by Crippen LogP contribution is 2.05. The quantitative estimate of drug-likeness (QED) is 0.550. The molecule has 0 aliphatic carbocycles. The van der Waals surface area contributed by atoms with E-state index in [1.54, 1.807) is 6.92 Å². The number of unbranched alkanes of at least 4 members (excludes halogenated alkanes) is 4. The average Bonchev–Trinajstić information content (AvgIpc) is 2.42. The van der Waals surface area contributed by atoms with Gasteiger partial charge in [0.25, 0.3) is 0 Å². The minimum absolute atomic E-state index is 0.0472. The summed E-state index contributed by atoms with van der Waals surface area (Å²) >= 11 is 0. The van der Waals surface area contributed by atoms with E-state index in [0.717, 1.165) is 20.0 Å². The number of hydrogen-bond donors (Lipinski definition) is 1. The number of rotatable bonds is 8. The van der Waals surface area contributed by atoms with Crippen LogP contribution in [-0.4, -0.2) is 37.4 Å². The zero-order chi connectivity index (χ0) is 16.2. The van der Waals surface area contributed by atoms with Crippen molar-refractivity contribution in [2.24, 2.45) is 0 Å². The number of aliphatic hydroxyl groups is 1. The van der Waals surface area contributed by atoms with Crippen molar-refractivity contribution in [2.45, 2.75) is 66.2 Å². The second-order valence-electron chi connectivity index (χ2n) is 3.89. The molecule has 0 saturated heterocycles. The molecule has 1 N–H and O–H groups in total. The molecule has 5 nitrogen and oxygen atoms in total. The van der Waals surface area contributed by atoms with Crippen LogP contribution in [0.3, 0.4) is 0 Å². The second-order valence-corrected chi connectivity index (χ2v) is 3.89. The third kappa shape index (κ3) is 30.2. The van der Waals surface area contributed by atoms with Crippen LogP contribution in [-0.2, 0) is 19.1 Å². The highest BCUT2D eigenvalue weighted by Gasteiger charge is 1.99. The van der Waals surface area contributed by atoms with Gasteiger partial charge in [-0.05, 0) is 20.3 Å². The van der Waals surface area contributed by atoms with E-state index in [2.05, 4.69) is 11.7 Å². The molecule has 0 rings (SSSR count). The molecule has 0 amide bonds. The van der Waals surface area contributed by atoms with Crippen molar-refractivity contribution in [3.63, 3.8) is 0 Å². The Kier molecular flexibility index (Phi) is 27.6. The minimum atomic E-state index is -0.211. The van der Waals surface area contributed by atoms with Gasteiger partial charge in [-0.3, -0.25) is 9.59 Å². The zero-order valence-corrected chi connectivity index (χ0v) is 13.7. The smallest absolute Gasteiger partial charge is 0.305 e. The van der Waals surface area contributed by atoms with Gasteiger partial charge in [0.05, 0.1) is 13.2 Å². The zero-order valence-electron chi connectivity index (χ0n) is 13.7. The highest BCUT2D eigenvalue weighted by atomic mass is 16.5. The Bertz CT molecular complexity index is 204. The van der Waals surface area contributed by atoms with E-state index < -0.39 is 0 Å². The van der Waals surface area contributed by atoms with Crippen LogP contribution in [0.15, 0.2) is 0 Å². The Morgan fingerprint density at radius 3 is 1.70 bits per heavy atom. The van der Waals surface area contributed by atoms with Crippen LogP contribution in [0.1, 0.15) is 66.2 Å². The van der Waals surface area contributed by atoms with Gasteiger partial charge in [0.15, 0.2) is 0 Å². The van der Waals surface area contributed by atoms with Gasteiger partial charge in [0.2, 0.25) is 0 Å². The topological polar surface area (TPSA) is 72.8 Å². The Morgan fingerprint density at radius 1 is 0.850 bits per heavy atom. The number of ether oxygens (including phenoxy) is 2. The number of hydrogen-bond acceptors (Lipinski definition) is 5. The number of carbonyl (C=O) groups is 2. The molecule has 20 heavy (non-hydrogen) atoms. The Labute approximate surface area is 123 Å². The fourth-order valence-electron chi connectivity index (χ4n) is 1.31. The van der Waals surface area contributed by atoms with Crippen molar-refractivity contribution in [3.8, 4) is 0 Å². The van der Waals surface area contributed by atoms with Gasteiger partial charge < -0.3 is 14.6 Å². The van der Waals surface area contributed by atoms with Crippen molar-refractivity contribution < 1.29 is 24.2 Å². The molecule has 0 aromatic heterocycles. The Balaban J connectivity index is -0.000000304. The van der Waals surface area contributed by atoms with Crippen LogP contribution in [0.25, 0.3) is 0 Å². The van der Waals surface area contributed by atoms with Crippen LogP contribution in [0.5, 0.6) is 0 Å². The lowest BCUT2D eigenvalue weighted by atomic mass is 10.1. The summed E-state index contributed by atoms with van der Waals surface area (Å²) in [6.07, 6.45) is 6.52. The molecular formula is C15H32O5. The predicted molar refractivity (Wildman–Crippen MR) is 80.5 cm³/mol. The maximum absolute atomic E-state index is 10.9. The van der Waals surface area contributed by atoms with E-state index >= 15 is 0 Å². The van der Waals surface area contributed by atoms with E-state index in [1.165, 1.54) is 26.2 Å². The lowest BCUT2D eigenvalue weighted by Gasteiger charge is -2.00. The summed E-state index contributed by atoms with van der Waals surface area (Å²) in [6.45, 7) is 8.19. The van der Waals surface area contributed by atoms with Crippen molar-refractivity contribution in [1.82, 2.24) is 0 Å². The van der Waals surface area contributed by atoms with Gasteiger partial charge in [0, 0.05) is 20.5 Å². The minimum Gasteiger partial charge on any atom is -0.466 e. The molecule has 0 aromatic carbocycles. The molecule has 0 aromatic rings. The monoisotopic (exact) mass is 292 g/mol. The first-order valence-electron chi connectivity index (χ1n) is 7.32. The predicted octanol–water partition coefficient (Wildman–Crippen LogP) is 3.09.